The van der Waals surface area contributed by atoms with Gasteiger partial charge in [0.05, 0.1) is 24.9 Å². The van der Waals surface area contributed by atoms with Crippen LogP contribution in [-0.4, -0.2) is 52.8 Å². The molecule has 0 aromatic heterocycles. The van der Waals surface area contributed by atoms with Gasteiger partial charge in [0, 0.05) is 6.54 Å². The molecule has 1 aromatic rings. The number of hydrogen-bond donors (Lipinski definition) is 1. The molecule has 7 heteroatoms. The number of piperidine rings is 1. The van der Waals surface area contributed by atoms with E-state index < -0.39 is 6.04 Å². The Hall–Kier alpha value is -1.86. The minimum absolute atomic E-state index is 0.0520. The van der Waals surface area contributed by atoms with E-state index in [0.29, 0.717) is 13.2 Å². The van der Waals surface area contributed by atoms with Crippen LogP contribution in [0.15, 0.2) is 24.3 Å². The number of amides is 1. The van der Waals surface area contributed by atoms with E-state index in [-0.39, 0.29) is 35.1 Å². The molecule has 2 unspecified atom stereocenters. The molecule has 1 aromatic carbocycles. The number of carbonyl (C=O) groups excluding carboxylic acids is 3. The normalized spacial score (nSPS) is 23.9. The number of nitrogens with one attached hydrogen (secondary N) is 1. The third-order valence-corrected chi connectivity index (χ3v) is 5.64. The lowest BCUT2D eigenvalue weighted by molar-refractivity contribution is -0.133. The second-order valence-electron chi connectivity index (χ2n) is 6.70. The van der Waals surface area contributed by atoms with Crippen LogP contribution in [0.4, 0.5) is 0 Å². The van der Waals surface area contributed by atoms with Crippen molar-refractivity contribution >= 4 is 28.6 Å². The fourth-order valence-corrected chi connectivity index (χ4v) is 4.19. The van der Waals surface area contributed by atoms with Gasteiger partial charge in [0.25, 0.3) is 0 Å². The number of Topliss-reactive ketones (excluding diaryl/α,β-unsaturated/α-hetero) is 1. The first kappa shape index (κ1) is 18.9. The molecular formula is C19H24N2O4S. The van der Waals surface area contributed by atoms with Gasteiger partial charge in [0.2, 0.25) is 11.0 Å². The molecule has 0 aliphatic carbocycles. The molecule has 2 heterocycles. The first-order valence-corrected chi connectivity index (χ1v) is 9.97. The van der Waals surface area contributed by atoms with Crippen LogP contribution < -0.4 is 10.1 Å². The lowest BCUT2D eigenvalue weighted by Gasteiger charge is -2.38. The molecule has 26 heavy (non-hydrogen) atoms. The molecule has 2 atom stereocenters. The zero-order valence-corrected chi connectivity index (χ0v) is 15.7. The van der Waals surface area contributed by atoms with Crippen molar-refractivity contribution in [2.75, 3.05) is 18.9 Å². The van der Waals surface area contributed by atoms with Crippen molar-refractivity contribution in [3.05, 3.63) is 29.8 Å². The van der Waals surface area contributed by atoms with Crippen LogP contribution in [0.25, 0.3) is 0 Å². The Morgan fingerprint density at radius 3 is 2.73 bits per heavy atom. The average Bonchev–Trinajstić information content (AvgIpc) is 2.96. The monoisotopic (exact) mass is 376 g/mol. The maximum Gasteiger partial charge on any atom is 0.224 e. The van der Waals surface area contributed by atoms with Crippen molar-refractivity contribution in [3.63, 3.8) is 0 Å². The van der Waals surface area contributed by atoms with Crippen LogP contribution in [0.5, 0.6) is 5.75 Å². The summed E-state index contributed by atoms with van der Waals surface area (Å²) < 4.78 is 5.60. The van der Waals surface area contributed by atoms with Crippen LogP contribution in [0.2, 0.25) is 0 Å². The van der Waals surface area contributed by atoms with Crippen LogP contribution in [0, 0.1) is 6.92 Å². The first-order chi connectivity index (χ1) is 12.5. The highest BCUT2D eigenvalue weighted by Crippen LogP contribution is 2.27. The van der Waals surface area contributed by atoms with E-state index in [0.717, 1.165) is 42.3 Å². The third-order valence-electron chi connectivity index (χ3n) is 4.71. The molecule has 2 aliphatic rings. The highest BCUT2D eigenvalue weighted by atomic mass is 32.2. The molecule has 0 radical (unpaired) electrons. The molecule has 2 saturated heterocycles. The van der Waals surface area contributed by atoms with Gasteiger partial charge in [0.1, 0.15) is 11.8 Å². The number of nitrogens with zero attached hydrogens (tertiary/aromatic N) is 1. The summed E-state index contributed by atoms with van der Waals surface area (Å²) in [4.78, 5) is 38.2. The maximum atomic E-state index is 12.3. The van der Waals surface area contributed by atoms with E-state index in [9.17, 15) is 14.4 Å². The zero-order chi connectivity index (χ0) is 18.5. The van der Waals surface area contributed by atoms with Gasteiger partial charge >= 0.3 is 0 Å². The predicted octanol–water partition coefficient (Wildman–Crippen LogP) is 1.90. The van der Waals surface area contributed by atoms with E-state index in [1.165, 1.54) is 0 Å². The smallest absolute Gasteiger partial charge is 0.224 e. The second kappa shape index (κ2) is 8.68. The fourth-order valence-electron chi connectivity index (χ4n) is 3.32. The molecule has 0 spiro atoms. The number of benzene rings is 1. The number of thioether (sulfide) groups is 1. The Morgan fingerprint density at radius 1 is 1.27 bits per heavy atom. The molecule has 6 nitrogen and oxygen atoms in total. The highest BCUT2D eigenvalue weighted by Gasteiger charge is 2.42. The lowest BCUT2D eigenvalue weighted by Crippen LogP contribution is -2.57. The standard InChI is InChI=1S/C19H24N2O4S/c1-13-5-7-14(8-6-13)25-11-9-17(23)20-16-4-2-3-10-21(16)18-15(22)12-26-19(18)24/h5-8,16,18H,2-4,9-12H2,1H3,(H,20,23). The van der Waals surface area contributed by atoms with Crippen LogP contribution >= 0.6 is 11.8 Å². The van der Waals surface area contributed by atoms with Gasteiger partial charge in [-0.15, -0.1) is 0 Å². The van der Waals surface area contributed by atoms with Crippen molar-refractivity contribution < 1.29 is 19.1 Å². The van der Waals surface area contributed by atoms with Gasteiger partial charge in [-0.1, -0.05) is 29.5 Å². The molecule has 0 bridgehead atoms. The first-order valence-electron chi connectivity index (χ1n) is 8.98. The quantitative estimate of drug-likeness (QED) is 0.765. The largest absolute Gasteiger partial charge is 0.493 e. The predicted molar refractivity (Wildman–Crippen MR) is 100 cm³/mol. The summed E-state index contributed by atoms with van der Waals surface area (Å²) in [5.41, 5.74) is 1.15. The number of rotatable bonds is 6. The van der Waals surface area contributed by atoms with Crippen molar-refractivity contribution in [2.45, 2.75) is 44.8 Å². The maximum absolute atomic E-state index is 12.3. The van der Waals surface area contributed by atoms with Crippen molar-refractivity contribution in [1.82, 2.24) is 10.2 Å². The minimum atomic E-state index is -0.700. The summed E-state index contributed by atoms with van der Waals surface area (Å²) in [6.07, 6.45) is 2.65. The van der Waals surface area contributed by atoms with Gasteiger partial charge < -0.3 is 10.1 Å². The Bertz CT molecular complexity index is 661. The van der Waals surface area contributed by atoms with Gasteiger partial charge in [-0.3, -0.25) is 19.3 Å². The fraction of sp³-hybridized carbons (Fsp3) is 0.526. The second-order valence-corrected chi connectivity index (χ2v) is 7.68. The molecule has 2 aliphatic heterocycles. The van der Waals surface area contributed by atoms with Gasteiger partial charge in [-0.05, 0) is 38.3 Å². The van der Waals surface area contributed by atoms with Crippen LogP contribution in [0.1, 0.15) is 31.2 Å². The number of aryl methyl sites for hydroxylation is 1. The van der Waals surface area contributed by atoms with Crippen molar-refractivity contribution in [1.29, 1.82) is 0 Å². The number of carbonyl (C=O) groups is 3. The molecular weight excluding hydrogens is 352 g/mol. The summed E-state index contributed by atoms with van der Waals surface area (Å²) >= 11 is 1.08. The van der Waals surface area contributed by atoms with E-state index in [2.05, 4.69) is 5.32 Å². The number of ketones is 1. The van der Waals surface area contributed by atoms with Crippen LogP contribution in [0.3, 0.4) is 0 Å². The molecule has 140 valence electrons. The summed E-state index contributed by atoms with van der Waals surface area (Å²) in [6, 6.07) is 6.98. The zero-order valence-electron chi connectivity index (χ0n) is 14.9. The summed E-state index contributed by atoms with van der Waals surface area (Å²) in [5.74, 6) is 0.802. The molecule has 3 rings (SSSR count). The van der Waals surface area contributed by atoms with Crippen molar-refractivity contribution in [3.8, 4) is 5.75 Å². The third kappa shape index (κ3) is 4.65. The lowest BCUT2D eigenvalue weighted by atomic mass is 10.0. The Labute approximate surface area is 157 Å². The Kier molecular flexibility index (Phi) is 6.32. The highest BCUT2D eigenvalue weighted by molar-refractivity contribution is 8.15. The SMILES string of the molecule is Cc1ccc(OCCC(=O)NC2CCCCN2C2C(=O)CSC2=O)cc1. The van der Waals surface area contributed by atoms with E-state index >= 15 is 0 Å². The molecule has 2 fully saturated rings. The van der Waals surface area contributed by atoms with Gasteiger partial charge in [-0.2, -0.15) is 0 Å². The number of hydrogen-bond acceptors (Lipinski definition) is 6. The van der Waals surface area contributed by atoms with E-state index in [1.54, 1.807) is 0 Å². The molecule has 0 saturated carbocycles. The molecule has 1 amide bonds. The summed E-state index contributed by atoms with van der Waals surface area (Å²) in [5, 5.41) is 2.88. The number of likely N-dealkylation sites (tertiary alicyclic amines) is 1. The Morgan fingerprint density at radius 2 is 2.04 bits per heavy atom. The minimum Gasteiger partial charge on any atom is -0.493 e. The van der Waals surface area contributed by atoms with Gasteiger partial charge in [-0.25, -0.2) is 0 Å². The summed E-state index contributed by atoms with van der Waals surface area (Å²) in [6.45, 7) is 2.96. The Balaban J connectivity index is 1.50. The van der Waals surface area contributed by atoms with Crippen molar-refractivity contribution in [2.24, 2.45) is 0 Å². The van der Waals surface area contributed by atoms with Gasteiger partial charge in [0.15, 0.2) is 5.78 Å². The number of ether oxygens (including phenoxy) is 1. The van der Waals surface area contributed by atoms with Crippen LogP contribution in [-0.2, 0) is 14.4 Å². The molecule has 1 N–H and O–H groups in total. The van der Waals surface area contributed by atoms with E-state index in [4.69, 9.17) is 4.74 Å². The average molecular weight is 376 g/mol. The summed E-state index contributed by atoms with van der Waals surface area (Å²) in [7, 11) is 0. The van der Waals surface area contributed by atoms with E-state index in [1.807, 2.05) is 36.1 Å². The topological polar surface area (TPSA) is 75.7 Å².